The van der Waals surface area contributed by atoms with Gasteiger partial charge in [-0.2, -0.15) is 0 Å². The molecule has 12 rings (SSSR count). The Hall–Kier alpha value is -5.83. The Labute approximate surface area is 644 Å². The Morgan fingerprint density at radius 2 is 0.500 bits per heavy atom. The fourth-order valence-corrected chi connectivity index (χ4v) is 17.0. The average molecular weight is 1520 g/mol. The zero-order chi connectivity index (χ0) is 74.1. The summed E-state index contributed by atoms with van der Waals surface area (Å²) >= 11 is 7.37. The second-order valence-electron chi connectivity index (χ2n) is 32.8. The Kier molecular flexibility index (Phi) is 26.7. The van der Waals surface area contributed by atoms with Crippen LogP contribution in [0.5, 0.6) is 0 Å². The quantitative estimate of drug-likeness (QED) is 0.0332. The Bertz CT molecular complexity index is 4180. The molecule has 0 aliphatic carbocycles. The number of fused-ring (bicyclic) bond motifs is 4. The van der Waals surface area contributed by atoms with Crippen molar-refractivity contribution in [3.05, 3.63) is 201 Å². The van der Waals surface area contributed by atoms with E-state index in [9.17, 15) is 0 Å². The summed E-state index contributed by atoms with van der Waals surface area (Å²) in [6, 6.07) is 64.5. The SMILES string of the molecule is CCCCC(CC)Cc1cc2c(-c3ccc(B4OC(C)(C)C(C)(C)O4)cc3)c3ccccc3c(-c3ccc(B4OC(C)(C)C(C)(C)O4)cc3)c2cc1CC(CC)CCCC.CCCCC(CC)Cc1cc2c(-c3ccc(Br)cc3)c3ccccc3c(-c3ccc(Br)cc3)c2cc1CC(CC)CCCC. The van der Waals surface area contributed by atoms with Crippen LogP contribution in [0.1, 0.15) is 236 Å². The molecule has 0 aromatic heterocycles. The summed E-state index contributed by atoms with van der Waals surface area (Å²) in [5, 5.41) is 10.6. The molecule has 104 heavy (non-hydrogen) atoms. The number of unbranched alkanes of at least 4 members (excludes halogenated alkanes) is 4. The Balaban J connectivity index is 0.000000218. The van der Waals surface area contributed by atoms with Gasteiger partial charge in [0.2, 0.25) is 0 Å². The fraction of sp³-hybridized carbons (Fsp3) is 0.458. The fourth-order valence-electron chi connectivity index (χ4n) is 16.5. The summed E-state index contributed by atoms with van der Waals surface area (Å²) in [5.41, 5.74) is 17.0. The Morgan fingerprint density at radius 3 is 0.702 bits per heavy atom. The van der Waals surface area contributed by atoms with Crippen molar-refractivity contribution in [3.8, 4) is 44.5 Å². The molecule has 2 heterocycles. The van der Waals surface area contributed by atoms with Gasteiger partial charge in [0.05, 0.1) is 22.4 Å². The molecule has 2 aliphatic heterocycles. The second-order valence-corrected chi connectivity index (χ2v) is 34.7. The molecular weight excluding hydrogens is 1400 g/mol. The maximum atomic E-state index is 6.49. The van der Waals surface area contributed by atoms with Gasteiger partial charge in [-0.05, 0) is 250 Å². The lowest BCUT2D eigenvalue weighted by Gasteiger charge is -2.32. The average Bonchev–Trinajstić information content (AvgIpc) is 1.61. The van der Waals surface area contributed by atoms with Crippen LogP contribution >= 0.6 is 31.9 Å². The van der Waals surface area contributed by atoms with E-state index in [1.807, 2.05) is 0 Å². The van der Waals surface area contributed by atoms with E-state index >= 15 is 0 Å². The second kappa shape index (κ2) is 35.0. The molecule has 10 aromatic rings. The topological polar surface area (TPSA) is 36.9 Å². The monoisotopic (exact) mass is 1520 g/mol. The molecule has 4 unspecified atom stereocenters. The lowest BCUT2D eigenvalue weighted by molar-refractivity contribution is 0.00578. The van der Waals surface area contributed by atoms with Crippen LogP contribution in [0.15, 0.2) is 179 Å². The first-order valence-electron chi connectivity index (χ1n) is 40.4. The predicted molar refractivity (Wildman–Crippen MR) is 460 cm³/mol. The Morgan fingerprint density at radius 1 is 0.288 bits per heavy atom. The molecule has 0 radical (unpaired) electrons. The van der Waals surface area contributed by atoms with Crippen LogP contribution < -0.4 is 10.9 Å². The van der Waals surface area contributed by atoms with Crippen LogP contribution in [0.25, 0.3) is 87.6 Å². The lowest BCUT2D eigenvalue weighted by atomic mass is 9.76. The minimum absolute atomic E-state index is 0.393. The minimum atomic E-state index is -0.400. The first-order chi connectivity index (χ1) is 50.0. The van der Waals surface area contributed by atoms with Gasteiger partial charge in [0.15, 0.2) is 0 Å². The van der Waals surface area contributed by atoms with Crippen LogP contribution in [-0.2, 0) is 44.3 Å². The molecule has 2 saturated heterocycles. The van der Waals surface area contributed by atoms with E-state index < -0.39 is 36.6 Å². The van der Waals surface area contributed by atoms with Crippen LogP contribution in [0.2, 0.25) is 0 Å². The smallest absolute Gasteiger partial charge is 0.399 e. The molecule has 2 aliphatic rings. The molecule has 8 heteroatoms. The zero-order valence-corrected chi connectivity index (χ0v) is 69.3. The molecule has 0 N–H and O–H groups in total. The van der Waals surface area contributed by atoms with Gasteiger partial charge in [0, 0.05) is 8.95 Å². The van der Waals surface area contributed by atoms with Gasteiger partial charge in [0.1, 0.15) is 0 Å². The van der Waals surface area contributed by atoms with E-state index in [1.165, 1.54) is 214 Å². The van der Waals surface area contributed by atoms with Crippen LogP contribution in [0.3, 0.4) is 0 Å². The number of benzene rings is 10. The van der Waals surface area contributed by atoms with Crippen LogP contribution in [0, 0.1) is 23.7 Å². The lowest BCUT2D eigenvalue weighted by Crippen LogP contribution is -2.41. The summed E-state index contributed by atoms with van der Waals surface area (Å²) in [4.78, 5) is 0. The number of rotatable bonds is 30. The van der Waals surface area contributed by atoms with Crippen molar-refractivity contribution in [2.45, 2.75) is 262 Å². The molecule has 0 amide bonds. The molecule has 0 spiro atoms. The first-order valence-corrected chi connectivity index (χ1v) is 42.0. The van der Waals surface area contributed by atoms with Crippen LogP contribution in [0.4, 0.5) is 0 Å². The molecule has 10 aromatic carbocycles. The normalized spacial score (nSPS) is 16.5. The van der Waals surface area contributed by atoms with Crippen LogP contribution in [-0.4, -0.2) is 36.6 Å². The minimum Gasteiger partial charge on any atom is -0.399 e. The molecule has 4 atom stereocenters. The van der Waals surface area contributed by atoms with E-state index in [1.54, 1.807) is 11.1 Å². The van der Waals surface area contributed by atoms with Gasteiger partial charge in [-0.15, -0.1) is 0 Å². The number of hydrogen-bond donors (Lipinski definition) is 0. The first kappa shape index (κ1) is 79.2. The third-order valence-electron chi connectivity index (χ3n) is 24.6. The summed E-state index contributed by atoms with van der Waals surface area (Å²) in [5.74, 6) is 2.79. The third kappa shape index (κ3) is 17.6. The maximum Gasteiger partial charge on any atom is 0.494 e. The van der Waals surface area contributed by atoms with Crippen molar-refractivity contribution in [2.24, 2.45) is 23.7 Å². The molecular formula is C96H120B2Br2O4. The largest absolute Gasteiger partial charge is 0.494 e. The van der Waals surface area contributed by atoms with Gasteiger partial charge >= 0.3 is 14.2 Å². The molecule has 4 nitrogen and oxygen atoms in total. The predicted octanol–water partition coefficient (Wildman–Crippen LogP) is 27.8. The van der Waals surface area contributed by atoms with Crippen molar-refractivity contribution in [1.29, 1.82) is 0 Å². The van der Waals surface area contributed by atoms with Gasteiger partial charge in [-0.3, -0.25) is 0 Å². The van der Waals surface area contributed by atoms with Gasteiger partial charge in [-0.25, -0.2) is 0 Å². The summed E-state index contributed by atoms with van der Waals surface area (Å²) < 4.78 is 28.2. The van der Waals surface area contributed by atoms with Crippen molar-refractivity contribution < 1.29 is 18.6 Å². The van der Waals surface area contributed by atoms with E-state index in [0.29, 0.717) is 11.8 Å². The summed E-state index contributed by atoms with van der Waals surface area (Å²) in [6.07, 6.45) is 24.9. The van der Waals surface area contributed by atoms with Gasteiger partial charge < -0.3 is 18.6 Å². The molecule has 0 saturated carbocycles. The number of hydrogen-bond acceptors (Lipinski definition) is 4. The van der Waals surface area contributed by atoms with Gasteiger partial charge in [0.25, 0.3) is 0 Å². The third-order valence-corrected chi connectivity index (χ3v) is 25.7. The zero-order valence-electron chi connectivity index (χ0n) is 66.2. The maximum absolute atomic E-state index is 6.49. The highest BCUT2D eigenvalue weighted by molar-refractivity contribution is 9.10. The van der Waals surface area contributed by atoms with E-state index in [2.05, 4.69) is 312 Å². The highest BCUT2D eigenvalue weighted by Crippen LogP contribution is 2.49. The number of halogens is 2. The van der Waals surface area contributed by atoms with E-state index in [0.717, 1.165) is 44.5 Å². The van der Waals surface area contributed by atoms with Gasteiger partial charge in [-0.1, -0.05) is 336 Å². The molecule has 548 valence electrons. The van der Waals surface area contributed by atoms with Crippen molar-refractivity contribution in [1.82, 2.24) is 0 Å². The van der Waals surface area contributed by atoms with Crippen molar-refractivity contribution in [2.75, 3.05) is 0 Å². The standard InChI is InChI=1S/C54H72B2O4.C42H48Br2/c1-13-17-21-37(15-3)33-41-35-47-48(36-42(41)34-38(16-4)22-18-14-2)50(40-27-31-44(32-28-40)56-59-53(9,10)54(11,12)60-56)46-24-20-19-23-45(46)49(47)39-25-29-43(30-26-39)55-57-51(5,6)52(7,8)58-55;1-5-9-13-29(7-3)25-33-27-39-40(28-34(33)26-30(8-4)14-10-6-2)42(32-19-23-36(44)24-20-32)38-16-12-11-15-37(38)41(39)31-17-21-35(43)22-18-31/h19-20,23-32,35-38H,13-18,21-22,33-34H2,1-12H3;11-12,15-24,27-30H,5-10,13-14,25-26H2,1-4H3. The highest BCUT2D eigenvalue weighted by Gasteiger charge is 2.53. The summed E-state index contributed by atoms with van der Waals surface area (Å²) in [6.45, 7) is 35.8. The van der Waals surface area contributed by atoms with E-state index in [-0.39, 0.29) is 0 Å². The highest BCUT2D eigenvalue weighted by atomic mass is 79.9. The molecule has 2 fully saturated rings. The van der Waals surface area contributed by atoms with E-state index in [4.69, 9.17) is 18.6 Å². The molecule has 0 bridgehead atoms. The summed E-state index contributed by atoms with van der Waals surface area (Å²) in [7, 11) is -0.801. The van der Waals surface area contributed by atoms with Crippen molar-refractivity contribution >= 4 is 100 Å². The van der Waals surface area contributed by atoms with Crippen molar-refractivity contribution in [3.63, 3.8) is 0 Å².